The SMILES string of the molecule is N#Cc1ccnc(Br)c1. The lowest BCUT2D eigenvalue weighted by Crippen LogP contribution is -1.75. The van der Waals surface area contributed by atoms with Crippen LogP contribution in [-0.4, -0.2) is 4.98 Å². The van der Waals surface area contributed by atoms with E-state index in [9.17, 15) is 0 Å². The van der Waals surface area contributed by atoms with Gasteiger partial charge in [-0.3, -0.25) is 0 Å². The van der Waals surface area contributed by atoms with Gasteiger partial charge < -0.3 is 0 Å². The predicted molar refractivity (Wildman–Crippen MR) is 36.7 cm³/mol. The van der Waals surface area contributed by atoms with Gasteiger partial charge in [-0.1, -0.05) is 0 Å². The van der Waals surface area contributed by atoms with Crippen LogP contribution < -0.4 is 0 Å². The molecule has 0 fully saturated rings. The number of hydrogen-bond acceptors (Lipinski definition) is 2. The van der Waals surface area contributed by atoms with Gasteiger partial charge in [0.05, 0.1) is 11.6 Å². The average Bonchev–Trinajstić information content (AvgIpc) is 1.88. The smallest absolute Gasteiger partial charge is 0.107 e. The van der Waals surface area contributed by atoms with E-state index in [0.717, 1.165) is 0 Å². The number of nitrogens with zero attached hydrogens (tertiary/aromatic N) is 2. The first kappa shape index (κ1) is 6.24. The molecular formula is C6H3BrN2. The van der Waals surface area contributed by atoms with Crippen molar-refractivity contribution in [3.8, 4) is 6.07 Å². The van der Waals surface area contributed by atoms with Crippen molar-refractivity contribution < 1.29 is 0 Å². The van der Waals surface area contributed by atoms with Gasteiger partial charge in [-0.05, 0) is 28.1 Å². The molecule has 1 aromatic heterocycles. The third-order valence-electron chi connectivity index (χ3n) is 0.856. The topological polar surface area (TPSA) is 36.7 Å². The Labute approximate surface area is 61.3 Å². The van der Waals surface area contributed by atoms with Crippen LogP contribution in [0.2, 0.25) is 0 Å². The lowest BCUT2D eigenvalue weighted by molar-refractivity contribution is 1.26. The van der Waals surface area contributed by atoms with Crippen LogP contribution in [0.15, 0.2) is 22.9 Å². The minimum atomic E-state index is 0.622. The molecule has 0 aliphatic carbocycles. The van der Waals surface area contributed by atoms with Crippen LogP contribution >= 0.6 is 15.9 Å². The van der Waals surface area contributed by atoms with Gasteiger partial charge in [0.15, 0.2) is 0 Å². The van der Waals surface area contributed by atoms with E-state index in [1.54, 1.807) is 18.3 Å². The zero-order valence-corrected chi connectivity index (χ0v) is 6.09. The largest absolute Gasteiger partial charge is 0.249 e. The molecule has 1 rings (SSSR count). The molecule has 0 amide bonds. The summed E-state index contributed by atoms with van der Waals surface area (Å²) in [6.45, 7) is 0. The van der Waals surface area contributed by atoms with Crippen LogP contribution in [0.3, 0.4) is 0 Å². The van der Waals surface area contributed by atoms with Gasteiger partial charge in [0.25, 0.3) is 0 Å². The molecule has 0 aliphatic heterocycles. The molecular weight excluding hydrogens is 180 g/mol. The van der Waals surface area contributed by atoms with Crippen LogP contribution in [0.5, 0.6) is 0 Å². The van der Waals surface area contributed by atoms with Gasteiger partial charge in [0.2, 0.25) is 0 Å². The Morgan fingerprint density at radius 3 is 2.89 bits per heavy atom. The summed E-state index contributed by atoms with van der Waals surface area (Å²) >= 11 is 3.14. The van der Waals surface area contributed by atoms with E-state index >= 15 is 0 Å². The second-order valence-electron chi connectivity index (χ2n) is 1.48. The molecule has 0 aromatic carbocycles. The van der Waals surface area contributed by atoms with Crippen molar-refractivity contribution in [2.45, 2.75) is 0 Å². The van der Waals surface area contributed by atoms with Crippen molar-refractivity contribution in [3.05, 3.63) is 28.5 Å². The van der Waals surface area contributed by atoms with Gasteiger partial charge in [-0.15, -0.1) is 0 Å². The van der Waals surface area contributed by atoms with Crippen molar-refractivity contribution in [1.82, 2.24) is 4.98 Å². The third kappa shape index (κ3) is 1.51. The summed E-state index contributed by atoms with van der Waals surface area (Å²) in [5, 5.41) is 8.36. The highest BCUT2D eigenvalue weighted by molar-refractivity contribution is 9.10. The maximum atomic E-state index is 8.36. The molecule has 0 saturated heterocycles. The van der Waals surface area contributed by atoms with Crippen molar-refractivity contribution >= 4 is 15.9 Å². The number of nitriles is 1. The van der Waals surface area contributed by atoms with Crippen LogP contribution in [0, 0.1) is 11.3 Å². The number of hydrogen-bond donors (Lipinski definition) is 0. The fourth-order valence-corrected chi connectivity index (χ4v) is 0.837. The van der Waals surface area contributed by atoms with Gasteiger partial charge in [-0.25, -0.2) is 4.98 Å². The van der Waals surface area contributed by atoms with E-state index in [1.165, 1.54) is 0 Å². The van der Waals surface area contributed by atoms with Gasteiger partial charge in [-0.2, -0.15) is 5.26 Å². The third-order valence-corrected chi connectivity index (χ3v) is 1.29. The number of rotatable bonds is 0. The molecule has 2 nitrogen and oxygen atoms in total. The summed E-state index contributed by atoms with van der Waals surface area (Å²) < 4.78 is 0.696. The Morgan fingerprint density at radius 2 is 2.44 bits per heavy atom. The fourth-order valence-electron chi connectivity index (χ4n) is 0.472. The summed E-state index contributed by atoms with van der Waals surface area (Å²) in [5.74, 6) is 0. The quantitative estimate of drug-likeness (QED) is 0.574. The molecule has 0 saturated carbocycles. The Balaban J connectivity index is 3.12. The second-order valence-corrected chi connectivity index (χ2v) is 2.29. The molecule has 0 radical (unpaired) electrons. The minimum absolute atomic E-state index is 0.622. The fraction of sp³-hybridized carbons (Fsp3) is 0. The van der Waals surface area contributed by atoms with E-state index in [0.29, 0.717) is 10.2 Å². The summed E-state index contributed by atoms with van der Waals surface area (Å²) in [7, 11) is 0. The Hall–Kier alpha value is -0.880. The zero-order chi connectivity index (χ0) is 6.69. The molecule has 0 N–H and O–H groups in total. The van der Waals surface area contributed by atoms with Crippen molar-refractivity contribution in [2.75, 3.05) is 0 Å². The number of aromatic nitrogens is 1. The molecule has 0 aliphatic rings. The maximum absolute atomic E-state index is 8.36. The van der Waals surface area contributed by atoms with E-state index < -0.39 is 0 Å². The van der Waals surface area contributed by atoms with E-state index in [4.69, 9.17) is 5.26 Å². The molecule has 9 heavy (non-hydrogen) atoms. The molecule has 0 spiro atoms. The van der Waals surface area contributed by atoms with E-state index in [1.807, 2.05) is 6.07 Å². The molecule has 0 atom stereocenters. The summed E-state index contributed by atoms with van der Waals surface area (Å²) in [5.41, 5.74) is 0.622. The normalized spacial score (nSPS) is 8.44. The minimum Gasteiger partial charge on any atom is -0.249 e. The molecule has 1 aromatic rings. The highest BCUT2D eigenvalue weighted by Crippen LogP contribution is 2.05. The molecule has 44 valence electrons. The van der Waals surface area contributed by atoms with Gasteiger partial charge >= 0.3 is 0 Å². The number of halogens is 1. The summed E-state index contributed by atoms with van der Waals surface area (Å²) in [6.07, 6.45) is 1.59. The van der Waals surface area contributed by atoms with Crippen molar-refractivity contribution in [1.29, 1.82) is 5.26 Å². The standard InChI is InChI=1S/C6H3BrN2/c7-6-3-5(4-8)1-2-9-6/h1-3H. The second kappa shape index (κ2) is 2.60. The summed E-state index contributed by atoms with van der Waals surface area (Å²) in [6, 6.07) is 5.32. The van der Waals surface area contributed by atoms with Crippen LogP contribution in [0.4, 0.5) is 0 Å². The van der Waals surface area contributed by atoms with Crippen molar-refractivity contribution in [2.24, 2.45) is 0 Å². The predicted octanol–water partition coefficient (Wildman–Crippen LogP) is 1.72. The van der Waals surface area contributed by atoms with Crippen molar-refractivity contribution in [3.63, 3.8) is 0 Å². The molecule has 1 heterocycles. The lowest BCUT2D eigenvalue weighted by atomic mass is 10.3. The van der Waals surface area contributed by atoms with Crippen LogP contribution in [0.25, 0.3) is 0 Å². The molecule has 0 unspecified atom stereocenters. The monoisotopic (exact) mass is 182 g/mol. The van der Waals surface area contributed by atoms with Crippen LogP contribution in [0.1, 0.15) is 5.56 Å². The number of pyridine rings is 1. The van der Waals surface area contributed by atoms with E-state index in [-0.39, 0.29) is 0 Å². The van der Waals surface area contributed by atoms with Crippen LogP contribution in [-0.2, 0) is 0 Å². The highest BCUT2D eigenvalue weighted by Gasteiger charge is 1.88. The van der Waals surface area contributed by atoms with Gasteiger partial charge in [0, 0.05) is 6.20 Å². The average molecular weight is 183 g/mol. The first-order valence-corrected chi connectivity index (χ1v) is 3.14. The zero-order valence-electron chi connectivity index (χ0n) is 4.50. The molecule has 3 heteroatoms. The lowest BCUT2D eigenvalue weighted by Gasteiger charge is -1.86. The first-order chi connectivity index (χ1) is 4.33. The van der Waals surface area contributed by atoms with Gasteiger partial charge in [0.1, 0.15) is 4.60 Å². The Morgan fingerprint density at radius 1 is 1.67 bits per heavy atom. The maximum Gasteiger partial charge on any atom is 0.107 e. The van der Waals surface area contributed by atoms with E-state index in [2.05, 4.69) is 20.9 Å². The first-order valence-electron chi connectivity index (χ1n) is 2.34. The Kier molecular flexibility index (Phi) is 1.81. The highest BCUT2D eigenvalue weighted by atomic mass is 79.9. The Bertz CT molecular complexity index is 251. The summed E-state index contributed by atoms with van der Waals surface area (Å²) in [4.78, 5) is 3.85. The molecule has 0 bridgehead atoms.